The molecule has 9 heteroatoms. The zero-order valence-corrected chi connectivity index (χ0v) is 13.2. The molecule has 3 aromatic rings. The van der Waals surface area contributed by atoms with E-state index in [0.717, 1.165) is 24.1 Å². The summed E-state index contributed by atoms with van der Waals surface area (Å²) in [7, 11) is 0. The van der Waals surface area contributed by atoms with Crippen molar-refractivity contribution >= 4 is 17.5 Å². The first-order valence-corrected chi connectivity index (χ1v) is 7.76. The van der Waals surface area contributed by atoms with Crippen LogP contribution in [0.5, 0.6) is 0 Å². The van der Waals surface area contributed by atoms with E-state index in [1.54, 1.807) is 35.3 Å². The fourth-order valence-corrected chi connectivity index (χ4v) is 2.98. The van der Waals surface area contributed by atoms with E-state index < -0.39 is 0 Å². The molecule has 1 aromatic carbocycles. The number of rotatable bonds is 3. The molecule has 0 spiro atoms. The molecule has 0 aliphatic carbocycles. The van der Waals surface area contributed by atoms with Gasteiger partial charge in [0.1, 0.15) is 5.82 Å². The number of nitro groups is 1. The third-order valence-corrected chi connectivity index (χ3v) is 4.19. The number of benzene rings is 1. The highest BCUT2D eigenvalue weighted by molar-refractivity contribution is 5.51. The summed E-state index contributed by atoms with van der Waals surface area (Å²) in [5.74, 6) is 1.42. The molecular formula is C16H15N7O2. The van der Waals surface area contributed by atoms with Crippen molar-refractivity contribution in [2.24, 2.45) is 0 Å². The Labute approximate surface area is 142 Å². The number of fused-ring (bicyclic) bond motifs is 1. The number of nitrogen functional groups attached to an aromatic ring is 1. The number of nitrogens with zero attached hydrogens (tertiary/aromatic N) is 6. The average molecular weight is 337 g/mol. The van der Waals surface area contributed by atoms with E-state index >= 15 is 0 Å². The SMILES string of the molecule is Nc1nc(N2CCc3ccc([N+](=O)[O-])cc3C2)cc(-n2cccn2)n1. The average Bonchev–Trinajstić information content (AvgIpc) is 3.15. The molecule has 0 atom stereocenters. The van der Waals surface area contributed by atoms with Crippen molar-refractivity contribution in [1.29, 1.82) is 0 Å². The maximum Gasteiger partial charge on any atom is 0.269 e. The van der Waals surface area contributed by atoms with Gasteiger partial charge in [0, 0.05) is 43.7 Å². The van der Waals surface area contributed by atoms with E-state index in [1.165, 1.54) is 0 Å². The van der Waals surface area contributed by atoms with Crippen LogP contribution in [0.1, 0.15) is 11.1 Å². The first-order valence-electron chi connectivity index (χ1n) is 7.76. The molecule has 2 aromatic heterocycles. The third-order valence-electron chi connectivity index (χ3n) is 4.19. The zero-order valence-electron chi connectivity index (χ0n) is 13.2. The Morgan fingerprint density at radius 2 is 2.00 bits per heavy atom. The minimum Gasteiger partial charge on any atom is -0.368 e. The van der Waals surface area contributed by atoms with Gasteiger partial charge in [-0.15, -0.1) is 0 Å². The number of aromatic nitrogens is 4. The predicted molar refractivity (Wildman–Crippen MR) is 91.4 cm³/mol. The van der Waals surface area contributed by atoms with Gasteiger partial charge in [0.2, 0.25) is 5.95 Å². The van der Waals surface area contributed by atoms with Gasteiger partial charge in [-0.3, -0.25) is 10.1 Å². The van der Waals surface area contributed by atoms with E-state index in [0.29, 0.717) is 18.2 Å². The van der Waals surface area contributed by atoms with Gasteiger partial charge >= 0.3 is 0 Å². The normalized spacial score (nSPS) is 13.5. The Morgan fingerprint density at radius 1 is 1.16 bits per heavy atom. The van der Waals surface area contributed by atoms with Gasteiger partial charge in [0.25, 0.3) is 5.69 Å². The second-order valence-corrected chi connectivity index (χ2v) is 5.77. The summed E-state index contributed by atoms with van der Waals surface area (Å²) < 4.78 is 1.62. The lowest BCUT2D eigenvalue weighted by molar-refractivity contribution is -0.384. The lowest BCUT2D eigenvalue weighted by Crippen LogP contribution is -2.31. The van der Waals surface area contributed by atoms with E-state index in [2.05, 4.69) is 15.1 Å². The van der Waals surface area contributed by atoms with Crippen LogP contribution in [0.25, 0.3) is 5.82 Å². The summed E-state index contributed by atoms with van der Waals surface area (Å²) in [6.45, 7) is 1.28. The number of non-ortho nitro benzene ring substituents is 1. The first kappa shape index (κ1) is 15.1. The molecule has 9 nitrogen and oxygen atoms in total. The lowest BCUT2D eigenvalue weighted by Gasteiger charge is -2.29. The Hall–Kier alpha value is -3.49. The highest BCUT2D eigenvalue weighted by atomic mass is 16.6. The van der Waals surface area contributed by atoms with Crippen molar-refractivity contribution < 1.29 is 4.92 Å². The number of hydrogen-bond donors (Lipinski definition) is 1. The monoisotopic (exact) mass is 337 g/mol. The maximum atomic E-state index is 11.0. The second-order valence-electron chi connectivity index (χ2n) is 5.77. The Kier molecular flexibility index (Phi) is 3.53. The van der Waals surface area contributed by atoms with Crippen molar-refractivity contribution in [3.8, 4) is 5.82 Å². The van der Waals surface area contributed by atoms with Gasteiger partial charge < -0.3 is 10.6 Å². The third kappa shape index (κ3) is 2.87. The summed E-state index contributed by atoms with van der Waals surface area (Å²) >= 11 is 0. The van der Waals surface area contributed by atoms with Crippen molar-refractivity contribution in [1.82, 2.24) is 19.7 Å². The molecule has 4 rings (SSSR count). The molecule has 0 fully saturated rings. The molecule has 126 valence electrons. The zero-order chi connectivity index (χ0) is 17.4. The molecule has 1 aliphatic heterocycles. The number of hydrogen-bond acceptors (Lipinski definition) is 7. The van der Waals surface area contributed by atoms with Crippen LogP contribution in [0, 0.1) is 10.1 Å². The fraction of sp³-hybridized carbons (Fsp3) is 0.188. The largest absolute Gasteiger partial charge is 0.368 e. The van der Waals surface area contributed by atoms with Crippen LogP contribution in [-0.4, -0.2) is 31.2 Å². The molecular weight excluding hydrogens is 322 g/mol. The van der Waals surface area contributed by atoms with Gasteiger partial charge in [-0.05, 0) is 23.6 Å². The van der Waals surface area contributed by atoms with Crippen LogP contribution in [0.3, 0.4) is 0 Å². The van der Waals surface area contributed by atoms with E-state index in [-0.39, 0.29) is 16.6 Å². The van der Waals surface area contributed by atoms with Crippen LogP contribution in [-0.2, 0) is 13.0 Å². The van der Waals surface area contributed by atoms with Gasteiger partial charge in [-0.2, -0.15) is 15.1 Å². The van der Waals surface area contributed by atoms with Crippen LogP contribution >= 0.6 is 0 Å². The Bertz CT molecular complexity index is 940. The molecule has 1 aliphatic rings. The second kappa shape index (κ2) is 5.86. The highest BCUT2D eigenvalue weighted by Gasteiger charge is 2.21. The standard InChI is InChI=1S/C16H15N7O2/c17-16-19-14(9-15(20-16)22-6-1-5-18-22)21-7-4-11-2-3-13(23(24)25)8-12(11)10-21/h1-3,5-6,8-9H,4,7,10H2,(H2,17,19,20). The molecule has 0 saturated heterocycles. The summed E-state index contributed by atoms with van der Waals surface area (Å²) in [5, 5.41) is 15.2. The van der Waals surface area contributed by atoms with Crippen LogP contribution in [0.2, 0.25) is 0 Å². The number of nitrogens with two attached hydrogens (primary N) is 1. The van der Waals surface area contributed by atoms with Gasteiger partial charge in [0.15, 0.2) is 5.82 Å². The summed E-state index contributed by atoms with van der Waals surface area (Å²) in [6.07, 6.45) is 4.23. The summed E-state index contributed by atoms with van der Waals surface area (Å²) in [6, 6.07) is 8.61. The maximum absolute atomic E-state index is 11.0. The van der Waals surface area contributed by atoms with E-state index in [1.807, 2.05) is 17.0 Å². The van der Waals surface area contributed by atoms with Crippen molar-refractivity contribution in [3.05, 3.63) is 64.0 Å². The van der Waals surface area contributed by atoms with Crippen molar-refractivity contribution in [2.75, 3.05) is 17.2 Å². The number of anilines is 2. The van der Waals surface area contributed by atoms with Crippen LogP contribution in [0.15, 0.2) is 42.7 Å². The van der Waals surface area contributed by atoms with Gasteiger partial charge in [-0.25, -0.2) is 4.68 Å². The smallest absolute Gasteiger partial charge is 0.269 e. The summed E-state index contributed by atoms with van der Waals surface area (Å²) in [4.78, 5) is 21.2. The van der Waals surface area contributed by atoms with Crippen molar-refractivity contribution in [3.63, 3.8) is 0 Å². The molecule has 0 radical (unpaired) electrons. The van der Waals surface area contributed by atoms with Crippen molar-refractivity contribution in [2.45, 2.75) is 13.0 Å². The van der Waals surface area contributed by atoms with Gasteiger partial charge in [-0.1, -0.05) is 6.07 Å². The Morgan fingerprint density at radius 3 is 2.76 bits per heavy atom. The molecule has 0 bridgehead atoms. The first-order chi connectivity index (χ1) is 12.1. The molecule has 0 unspecified atom stereocenters. The molecule has 25 heavy (non-hydrogen) atoms. The van der Waals surface area contributed by atoms with Crippen LogP contribution < -0.4 is 10.6 Å². The quantitative estimate of drug-likeness (QED) is 0.571. The molecule has 0 amide bonds. The summed E-state index contributed by atoms with van der Waals surface area (Å²) in [5.41, 5.74) is 8.00. The lowest BCUT2D eigenvalue weighted by atomic mass is 9.99. The minimum absolute atomic E-state index is 0.0973. The van der Waals surface area contributed by atoms with E-state index in [9.17, 15) is 10.1 Å². The predicted octanol–water partition coefficient (Wildman–Crippen LogP) is 1.72. The highest BCUT2D eigenvalue weighted by Crippen LogP contribution is 2.27. The molecule has 3 heterocycles. The minimum atomic E-state index is -0.377. The Balaban J connectivity index is 1.67. The van der Waals surface area contributed by atoms with E-state index in [4.69, 9.17) is 5.73 Å². The molecule has 2 N–H and O–H groups in total. The molecule has 0 saturated carbocycles. The number of nitro benzene ring substituents is 1. The van der Waals surface area contributed by atoms with Crippen LogP contribution in [0.4, 0.5) is 17.5 Å². The van der Waals surface area contributed by atoms with Gasteiger partial charge in [0.05, 0.1) is 4.92 Å². The topological polar surface area (TPSA) is 116 Å². The fourth-order valence-electron chi connectivity index (χ4n) is 2.98.